The number of rotatable bonds is 4. The van der Waals surface area contributed by atoms with Gasteiger partial charge in [-0.3, -0.25) is 10.1 Å². The highest BCUT2D eigenvalue weighted by molar-refractivity contribution is 8.56. The standard InChI is InChI=1S/C10H13N2OPS2.C3H4N2/c1-13-10-5-3-9(4-6-10)11-7-2-8-12(11)16-14-15;1-2-4-5-3-1/h2-7H,8,14H2,1H3;1-3H,(H,4,5). The van der Waals surface area contributed by atoms with Gasteiger partial charge in [0.15, 0.2) is 0 Å². The number of nitrogens with one attached hydrogen (secondary N) is 1. The number of ether oxygens (including phenoxy) is 1. The first-order chi connectivity index (χ1) is 10.3. The zero-order valence-corrected chi connectivity index (χ0v) is 14.3. The molecule has 1 aliphatic heterocycles. The molecule has 0 aliphatic carbocycles. The smallest absolute Gasteiger partial charge is 0.119 e. The molecule has 1 N–H and O–H groups in total. The van der Waals surface area contributed by atoms with Gasteiger partial charge in [0, 0.05) is 25.2 Å². The van der Waals surface area contributed by atoms with Crippen LogP contribution in [0.5, 0.6) is 5.75 Å². The van der Waals surface area contributed by atoms with E-state index in [1.54, 1.807) is 31.1 Å². The van der Waals surface area contributed by atoms with E-state index in [9.17, 15) is 0 Å². The Morgan fingerprint density at radius 1 is 1.38 bits per heavy atom. The Labute approximate surface area is 134 Å². The maximum absolute atomic E-state index is 5.14. The van der Waals surface area contributed by atoms with Gasteiger partial charge in [0.05, 0.1) is 19.3 Å². The summed E-state index contributed by atoms with van der Waals surface area (Å²) in [6, 6.07) is 9.84. The number of methoxy groups -OCH3 is 1. The third-order valence-corrected chi connectivity index (χ3v) is 5.07. The molecule has 3 rings (SSSR count). The van der Waals surface area contributed by atoms with Crippen LogP contribution in [0.15, 0.2) is 55.0 Å². The number of H-pyrrole nitrogens is 1. The van der Waals surface area contributed by atoms with E-state index in [1.165, 1.54) is 0 Å². The summed E-state index contributed by atoms with van der Waals surface area (Å²) in [5, 5.41) is 8.32. The number of hydrazine groups is 1. The van der Waals surface area contributed by atoms with Gasteiger partial charge in [-0.15, -0.1) is 0 Å². The molecule has 0 bridgehead atoms. The van der Waals surface area contributed by atoms with Crippen molar-refractivity contribution in [1.29, 1.82) is 0 Å². The predicted octanol–water partition coefficient (Wildman–Crippen LogP) is 3.09. The fraction of sp³-hybridized carbons (Fsp3) is 0.154. The third kappa shape index (κ3) is 4.89. The molecule has 2 aromatic rings. The van der Waals surface area contributed by atoms with Crippen molar-refractivity contribution in [3.8, 4) is 5.75 Å². The van der Waals surface area contributed by atoms with Gasteiger partial charge in [-0.05, 0) is 48.0 Å². The average Bonchev–Trinajstić information content (AvgIpc) is 3.22. The molecule has 112 valence electrons. The van der Waals surface area contributed by atoms with Crippen LogP contribution in [0.1, 0.15) is 0 Å². The van der Waals surface area contributed by atoms with Gasteiger partial charge in [-0.2, -0.15) is 9.51 Å². The molecule has 0 fully saturated rings. The van der Waals surface area contributed by atoms with Crippen LogP contribution in [0.25, 0.3) is 0 Å². The summed E-state index contributed by atoms with van der Waals surface area (Å²) in [4.78, 5) is 0. The molecule has 0 spiro atoms. The molecule has 1 unspecified atom stereocenters. The number of hydrogen-bond acceptors (Lipinski definition) is 6. The lowest BCUT2D eigenvalue weighted by Gasteiger charge is -2.26. The van der Waals surface area contributed by atoms with Crippen LogP contribution in [-0.2, 0) is 11.8 Å². The van der Waals surface area contributed by atoms with E-state index in [-0.39, 0.29) is 6.56 Å². The summed E-state index contributed by atoms with van der Waals surface area (Å²) in [6.07, 6.45) is 7.65. The molecular weight excluding hydrogens is 323 g/mol. The zero-order chi connectivity index (χ0) is 14.9. The van der Waals surface area contributed by atoms with E-state index in [4.69, 9.17) is 16.5 Å². The highest BCUT2D eigenvalue weighted by atomic mass is 32.9. The second-order valence-electron chi connectivity index (χ2n) is 3.93. The first-order valence-corrected chi connectivity index (χ1v) is 10.4. The molecule has 1 atom stereocenters. The van der Waals surface area contributed by atoms with Crippen molar-refractivity contribution in [2.24, 2.45) is 0 Å². The number of benzene rings is 1. The fourth-order valence-corrected chi connectivity index (χ4v) is 3.98. The van der Waals surface area contributed by atoms with Crippen molar-refractivity contribution in [2.45, 2.75) is 0 Å². The average molecular weight is 340 g/mol. The molecule has 2 heterocycles. The minimum Gasteiger partial charge on any atom is -0.497 e. The molecule has 5 nitrogen and oxygen atoms in total. The maximum atomic E-state index is 5.14. The van der Waals surface area contributed by atoms with E-state index in [0.717, 1.165) is 18.0 Å². The van der Waals surface area contributed by atoms with Crippen LogP contribution in [0, 0.1) is 0 Å². The second kappa shape index (κ2) is 8.89. The number of hydrogen-bond donors (Lipinski definition) is 1. The highest BCUT2D eigenvalue weighted by Crippen LogP contribution is 2.32. The van der Waals surface area contributed by atoms with Crippen LogP contribution in [0.3, 0.4) is 0 Å². The van der Waals surface area contributed by atoms with Crippen molar-refractivity contribution in [3.63, 3.8) is 0 Å². The Bertz CT molecular complexity index is 545. The topological polar surface area (TPSA) is 44.4 Å². The Hall–Kier alpha value is -1.27. The lowest BCUT2D eigenvalue weighted by Crippen LogP contribution is -2.27. The Kier molecular flexibility index (Phi) is 6.82. The van der Waals surface area contributed by atoms with Gasteiger partial charge in [-0.1, -0.05) is 11.8 Å². The van der Waals surface area contributed by atoms with Crippen LogP contribution in [0.2, 0.25) is 0 Å². The predicted molar refractivity (Wildman–Crippen MR) is 94.6 cm³/mol. The van der Waals surface area contributed by atoms with Crippen LogP contribution in [-0.4, -0.2) is 28.3 Å². The summed E-state index contributed by atoms with van der Waals surface area (Å²) < 4.78 is 7.31. The molecule has 0 amide bonds. The molecule has 1 aromatic heterocycles. The molecule has 0 radical (unpaired) electrons. The summed E-state index contributed by atoms with van der Waals surface area (Å²) in [5.41, 5.74) is 1.13. The number of anilines is 1. The number of aromatic amines is 1. The Balaban J connectivity index is 0.000000272. The van der Waals surface area contributed by atoms with Crippen molar-refractivity contribution < 1.29 is 4.74 Å². The lowest BCUT2D eigenvalue weighted by atomic mass is 10.3. The highest BCUT2D eigenvalue weighted by Gasteiger charge is 2.17. The summed E-state index contributed by atoms with van der Waals surface area (Å²) in [7, 11) is 1.67. The molecule has 0 saturated carbocycles. The zero-order valence-electron chi connectivity index (χ0n) is 11.5. The minimum atomic E-state index is -0.00244. The molecular formula is C13H17N4OPS2. The number of aromatic nitrogens is 2. The van der Waals surface area contributed by atoms with E-state index < -0.39 is 0 Å². The fourth-order valence-electron chi connectivity index (χ4n) is 1.71. The van der Waals surface area contributed by atoms with Crippen molar-refractivity contribution in [3.05, 3.63) is 55.0 Å². The van der Waals surface area contributed by atoms with E-state index in [2.05, 4.69) is 31.9 Å². The first-order valence-electron chi connectivity index (χ1n) is 6.26. The second-order valence-corrected chi connectivity index (χ2v) is 7.70. The van der Waals surface area contributed by atoms with Crippen LogP contribution in [0.4, 0.5) is 5.69 Å². The molecule has 21 heavy (non-hydrogen) atoms. The molecule has 1 aliphatic rings. The van der Waals surface area contributed by atoms with E-state index >= 15 is 0 Å². The Morgan fingerprint density at radius 3 is 2.71 bits per heavy atom. The largest absolute Gasteiger partial charge is 0.497 e. The van der Waals surface area contributed by atoms with Crippen molar-refractivity contribution in [1.82, 2.24) is 14.6 Å². The third-order valence-electron chi connectivity index (χ3n) is 2.66. The van der Waals surface area contributed by atoms with E-state index in [1.807, 2.05) is 30.3 Å². The monoisotopic (exact) mass is 340 g/mol. The minimum absolute atomic E-state index is 0.00244. The van der Waals surface area contributed by atoms with Crippen LogP contribution >= 0.6 is 18.1 Å². The molecule has 8 heteroatoms. The number of nitrogens with zero attached hydrogens (tertiary/aromatic N) is 3. The first kappa shape index (κ1) is 16.1. The van der Waals surface area contributed by atoms with Gasteiger partial charge in [0.2, 0.25) is 0 Å². The van der Waals surface area contributed by atoms with Gasteiger partial charge in [-0.25, -0.2) is 0 Å². The van der Waals surface area contributed by atoms with Gasteiger partial charge >= 0.3 is 0 Å². The van der Waals surface area contributed by atoms with Gasteiger partial charge < -0.3 is 4.74 Å². The van der Waals surface area contributed by atoms with Gasteiger partial charge in [0.25, 0.3) is 0 Å². The summed E-state index contributed by atoms with van der Waals surface area (Å²) >= 11 is 6.78. The summed E-state index contributed by atoms with van der Waals surface area (Å²) in [5.74, 6) is 0.875. The quantitative estimate of drug-likeness (QED) is 0.682. The Morgan fingerprint density at radius 2 is 2.19 bits per heavy atom. The van der Waals surface area contributed by atoms with Crippen molar-refractivity contribution in [2.75, 3.05) is 18.7 Å². The molecule has 1 aromatic carbocycles. The van der Waals surface area contributed by atoms with Crippen LogP contribution < -0.4 is 9.75 Å². The normalized spacial score (nSPS) is 14.4. The SMILES string of the molecule is COc1ccc(N2C=CCN2S[PH2]=S)cc1.c1cn[nH]c1. The van der Waals surface area contributed by atoms with E-state index in [0.29, 0.717) is 0 Å². The molecule has 0 saturated heterocycles. The van der Waals surface area contributed by atoms with Crippen molar-refractivity contribution >= 4 is 35.6 Å². The maximum Gasteiger partial charge on any atom is 0.119 e. The lowest BCUT2D eigenvalue weighted by molar-refractivity contribution is 0.414. The van der Waals surface area contributed by atoms with Gasteiger partial charge in [0.1, 0.15) is 5.75 Å². The summed E-state index contributed by atoms with van der Waals surface area (Å²) in [6.45, 7) is 0.915.